The second kappa shape index (κ2) is 5.88. The number of methoxy groups -OCH3 is 1. The fourth-order valence-corrected chi connectivity index (χ4v) is 2.82. The van der Waals surface area contributed by atoms with Gasteiger partial charge in [-0.15, -0.1) is 0 Å². The van der Waals surface area contributed by atoms with Crippen LogP contribution in [-0.4, -0.2) is 27.7 Å². The normalized spacial score (nSPS) is 11.5. The molecule has 1 amide bonds. The van der Waals surface area contributed by atoms with Crippen molar-refractivity contribution >= 4 is 11.6 Å². The van der Waals surface area contributed by atoms with E-state index in [1.807, 2.05) is 47.0 Å². The Kier molecular flexibility index (Phi) is 3.89. The van der Waals surface area contributed by atoms with E-state index in [0.29, 0.717) is 5.82 Å². The SMILES string of the molecule is COc1ccc(-c2cccn3c(C(C)(C)NC(=O)O)ncc23)cc1. The Morgan fingerprint density at radius 3 is 2.58 bits per heavy atom. The van der Waals surface area contributed by atoms with E-state index < -0.39 is 11.6 Å². The van der Waals surface area contributed by atoms with Crippen molar-refractivity contribution in [1.29, 1.82) is 0 Å². The maximum absolute atomic E-state index is 11.0. The summed E-state index contributed by atoms with van der Waals surface area (Å²) in [5, 5.41) is 11.5. The number of ether oxygens (including phenoxy) is 1. The predicted octanol–water partition coefficient (Wildman–Crippen LogP) is 3.51. The maximum Gasteiger partial charge on any atom is 0.405 e. The van der Waals surface area contributed by atoms with E-state index in [2.05, 4.69) is 10.3 Å². The van der Waals surface area contributed by atoms with Gasteiger partial charge in [0.15, 0.2) is 0 Å². The smallest absolute Gasteiger partial charge is 0.405 e. The Bertz CT molecular complexity index is 882. The molecule has 2 aromatic heterocycles. The number of hydrogen-bond acceptors (Lipinski definition) is 3. The number of imidazole rings is 1. The van der Waals surface area contributed by atoms with Gasteiger partial charge in [-0.25, -0.2) is 9.78 Å². The van der Waals surface area contributed by atoms with E-state index in [4.69, 9.17) is 9.84 Å². The van der Waals surface area contributed by atoms with E-state index in [1.165, 1.54) is 0 Å². The molecule has 124 valence electrons. The van der Waals surface area contributed by atoms with E-state index >= 15 is 0 Å². The summed E-state index contributed by atoms with van der Waals surface area (Å²) < 4.78 is 7.11. The second-order valence-corrected chi connectivity index (χ2v) is 6.04. The van der Waals surface area contributed by atoms with Crippen molar-refractivity contribution in [3.63, 3.8) is 0 Å². The molecule has 0 aliphatic heterocycles. The Hall–Kier alpha value is -3.02. The fraction of sp³-hybridized carbons (Fsp3) is 0.222. The summed E-state index contributed by atoms with van der Waals surface area (Å²) in [4.78, 5) is 15.5. The molecule has 0 atom stereocenters. The third-order valence-corrected chi connectivity index (χ3v) is 3.95. The summed E-state index contributed by atoms with van der Waals surface area (Å²) in [6.07, 6.45) is 2.57. The molecule has 6 nitrogen and oxygen atoms in total. The van der Waals surface area contributed by atoms with Crippen molar-refractivity contribution in [2.75, 3.05) is 7.11 Å². The quantitative estimate of drug-likeness (QED) is 0.769. The number of nitrogens with one attached hydrogen (secondary N) is 1. The summed E-state index contributed by atoms with van der Waals surface area (Å²) in [7, 11) is 1.64. The van der Waals surface area contributed by atoms with Crippen LogP contribution in [0.25, 0.3) is 16.6 Å². The molecule has 0 saturated carbocycles. The number of pyridine rings is 1. The Morgan fingerprint density at radius 1 is 1.25 bits per heavy atom. The minimum Gasteiger partial charge on any atom is -0.497 e. The highest BCUT2D eigenvalue weighted by molar-refractivity contribution is 5.80. The largest absolute Gasteiger partial charge is 0.497 e. The van der Waals surface area contributed by atoms with Gasteiger partial charge in [0.1, 0.15) is 11.6 Å². The lowest BCUT2D eigenvalue weighted by atomic mass is 10.0. The minimum absolute atomic E-state index is 0.635. The van der Waals surface area contributed by atoms with Gasteiger partial charge in [0, 0.05) is 11.8 Å². The van der Waals surface area contributed by atoms with Crippen LogP contribution >= 0.6 is 0 Å². The zero-order chi connectivity index (χ0) is 17.3. The van der Waals surface area contributed by atoms with Gasteiger partial charge in [0.25, 0.3) is 0 Å². The Morgan fingerprint density at radius 2 is 1.96 bits per heavy atom. The topological polar surface area (TPSA) is 75.9 Å². The van der Waals surface area contributed by atoms with Crippen LogP contribution in [0.5, 0.6) is 5.75 Å². The number of carbonyl (C=O) groups is 1. The highest BCUT2D eigenvalue weighted by Gasteiger charge is 2.27. The first-order valence-corrected chi connectivity index (χ1v) is 7.54. The van der Waals surface area contributed by atoms with E-state index in [0.717, 1.165) is 22.4 Å². The number of aromatic nitrogens is 2. The third-order valence-electron chi connectivity index (χ3n) is 3.95. The summed E-state index contributed by atoms with van der Waals surface area (Å²) in [6.45, 7) is 3.58. The number of rotatable bonds is 4. The number of fused-ring (bicyclic) bond motifs is 1. The molecule has 3 aromatic rings. The van der Waals surface area contributed by atoms with Crippen LogP contribution in [0.3, 0.4) is 0 Å². The molecule has 0 bridgehead atoms. The molecule has 0 fully saturated rings. The maximum atomic E-state index is 11.0. The van der Waals surface area contributed by atoms with Crippen LogP contribution in [-0.2, 0) is 5.54 Å². The number of benzene rings is 1. The molecular weight excluding hydrogens is 306 g/mol. The van der Waals surface area contributed by atoms with Crippen molar-refractivity contribution in [1.82, 2.24) is 14.7 Å². The molecule has 0 aliphatic rings. The molecule has 0 unspecified atom stereocenters. The molecule has 1 aromatic carbocycles. The molecular formula is C18H19N3O3. The van der Waals surface area contributed by atoms with Crippen LogP contribution in [0.1, 0.15) is 19.7 Å². The van der Waals surface area contributed by atoms with Gasteiger partial charge in [-0.1, -0.05) is 18.2 Å². The molecule has 2 N–H and O–H groups in total. The average Bonchev–Trinajstić information content (AvgIpc) is 2.98. The number of nitrogens with zero attached hydrogens (tertiary/aromatic N) is 2. The molecule has 6 heteroatoms. The summed E-state index contributed by atoms with van der Waals surface area (Å²) in [5.74, 6) is 1.43. The standard InChI is InChI=1S/C18H19N3O3/c1-18(2,20-17(22)23)16-19-11-15-14(5-4-10-21(15)16)12-6-8-13(24-3)9-7-12/h4-11,20H,1-3H3,(H,22,23). The summed E-state index contributed by atoms with van der Waals surface area (Å²) in [6, 6.07) is 11.7. The van der Waals surface area contributed by atoms with Crippen molar-refractivity contribution < 1.29 is 14.6 Å². The third kappa shape index (κ3) is 2.78. The van der Waals surface area contributed by atoms with Crippen molar-refractivity contribution in [3.05, 3.63) is 54.6 Å². The lowest BCUT2D eigenvalue weighted by Crippen LogP contribution is -2.41. The van der Waals surface area contributed by atoms with Gasteiger partial charge in [0.05, 0.1) is 24.4 Å². The molecule has 0 radical (unpaired) electrons. The molecule has 0 spiro atoms. The molecule has 0 saturated heterocycles. The van der Waals surface area contributed by atoms with Gasteiger partial charge in [-0.05, 0) is 37.6 Å². The lowest BCUT2D eigenvalue weighted by Gasteiger charge is -2.23. The van der Waals surface area contributed by atoms with Crippen molar-refractivity contribution in [3.8, 4) is 16.9 Å². The number of hydrogen-bond donors (Lipinski definition) is 2. The monoisotopic (exact) mass is 325 g/mol. The second-order valence-electron chi connectivity index (χ2n) is 6.04. The first-order chi connectivity index (χ1) is 11.4. The molecule has 24 heavy (non-hydrogen) atoms. The van der Waals surface area contributed by atoms with Crippen LogP contribution < -0.4 is 10.1 Å². The van der Waals surface area contributed by atoms with Crippen LogP contribution in [0.15, 0.2) is 48.8 Å². The molecule has 2 heterocycles. The minimum atomic E-state index is -1.08. The summed E-state index contributed by atoms with van der Waals surface area (Å²) >= 11 is 0. The number of amides is 1. The number of carboxylic acid groups (broad SMARTS) is 1. The first-order valence-electron chi connectivity index (χ1n) is 7.54. The highest BCUT2D eigenvalue weighted by atomic mass is 16.5. The van der Waals surface area contributed by atoms with Crippen LogP contribution in [0.4, 0.5) is 4.79 Å². The predicted molar refractivity (Wildman–Crippen MR) is 91.4 cm³/mol. The van der Waals surface area contributed by atoms with E-state index in [-0.39, 0.29) is 0 Å². The van der Waals surface area contributed by atoms with Crippen molar-refractivity contribution in [2.45, 2.75) is 19.4 Å². The fourth-order valence-electron chi connectivity index (χ4n) is 2.82. The van der Waals surface area contributed by atoms with Gasteiger partial charge >= 0.3 is 6.09 Å². The highest BCUT2D eigenvalue weighted by Crippen LogP contribution is 2.29. The van der Waals surface area contributed by atoms with Gasteiger partial charge in [-0.3, -0.25) is 0 Å². The van der Waals surface area contributed by atoms with Crippen LogP contribution in [0.2, 0.25) is 0 Å². The van der Waals surface area contributed by atoms with Gasteiger partial charge in [-0.2, -0.15) is 0 Å². The van der Waals surface area contributed by atoms with Gasteiger partial charge in [0.2, 0.25) is 0 Å². The van der Waals surface area contributed by atoms with E-state index in [1.54, 1.807) is 27.2 Å². The average molecular weight is 325 g/mol. The van der Waals surface area contributed by atoms with E-state index in [9.17, 15) is 4.79 Å². The van der Waals surface area contributed by atoms with Gasteiger partial charge < -0.3 is 19.6 Å². The zero-order valence-corrected chi connectivity index (χ0v) is 13.8. The Balaban J connectivity index is 2.10. The summed E-state index contributed by atoms with van der Waals surface area (Å²) in [5.41, 5.74) is 2.16. The molecule has 3 rings (SSSR count). The first kappa shape index (κ1) is 15.9. The van der Waals surface area contributed by atoms with Crippen LogP contribution in [0, 0.1) is 0 Å². The Labute approximate surface area is 139 Å². The van der Waals surface area contributed by atoms with Crippen molar-refractivity contribution in [2.24, 2.45) is 0 Å². The molecule has 0 aliphatic carbocycles. The lowest BCUT2D eigenvalue weighted by molar-refractivity contribution is 0.181. The zero-order valence-electron chi connectivity index (χ0n) is 13.8.